The van der Waals surface area contributed by atoms with Crippen LogP contribution in [0.15, 0.2) is 83.1 Å². The summed E-state index contributed by atoms with van der Waals surface area (Å²) in [7, 11) is -3.50. The number of fused-ring (bicyclic) bond motifs is 5. The Morgan fingerprint density at radius 1 is 0.936 bits per heavy atom. The number of nitrogens with one attached hydrogen (secondary N) is 3. The zero-order valence-corrected chi connectivity index (χ0v) is 54.5. The minimum Gasteiger partial charge on any atom is -0.457 e. The molecule has 3 amide bonds. The number of para-hydroxylation sites is 1. The number of hydrogen-bond acceptors (Lipinski definition) is 21. The molecule has 2 aromatic carbocycles. The average molecular weight is 1310 g/mol. The lowest BCUT2D eigenvalue weighted by Gasteiger charge is -2.35. The number of pyridine rings is 2. The van der Waals surface area contributed by atoms with Crippen LogP contribution >= 0.6 is 0 Å². The molecule has 2 aliphatic heterocycles. The van der Waals surface area contributed by atoms with E-state index in [0.29, 0.717) is 117 Å². The Morgan fingerprint density at radius 2 is 1.71 bits per heavy atom. The predicted octanol–water partition coefficient (Wildman–Crippen LogP) is 6.24. The molecular weight excluding hydrogens is 1230 g/mol. The summed E-state index contributed by atoms with van der Waals surface area (Å²) in [5.41, 5.74) is 3.30. The number of aromatic nitrogens is 7. The molecule has 6 aromatic rings. The summed E-state index contributed by atoms with van der Waals surface area (Å²) < 4.78 is 61.8. The van der Waals surface area contributed by atoms with E-state index in [0.717, 1.165) is 22.8 Å². The molecule has 6 heterocycles. The van der Waals surface area contributed by atoms with E-state index in [4.69, 9.17) is 30.0 Å². The van der Waals surface area contributed by atoms with Crippen molar-refractivity contribution in [1.29, 1.82) is 0 Å². The van der Waals surface area contributed by atoms with Gasteiger partial charge in [0.25, 0.3) is 5.56 Å². The number of ketones is 2. The third kappa shape index (κ3) is 19.0. The highest BCUT2D eigenvalue weighted by Gasteiger charge is 2.51. The van der Waals surface area contributed by atoms with Gasteiger partial charge in [0, 0.05) is 99.9 Å². The molecule has 0 fully saturated rings. The van der Waals surface area contributed by atoms with Gasteiger partial charge >= 0.3 is 12.1 Å². The summed E-state index contributed by atoms with van der Waals surface area (Å²) in [6, 6.07) is 15.8. The lowest BCUT2D eigenvalue weighted by Crippen LogP contribution is -2.47. The predicted molar refractivity (Wildman–Crippen MR) is 344 cm³/mol. The molecular formula is C67H81N11O15S. The molecule has 27 heteroatoms. The Hall–Kier alpha value is -9.10. The Labute approximate surface area is 546 Å². The van der Waals surface area contributed by atoms with E-state index < -0.39 is 44.9 Å². The fourth-order valence-electron chi connectivity index (χ4n) is 11.1. The van der Waals surface area contributed by atoms with Crippen molar-refractivity contribution in [3.8, 4) is 23.2 Å². The zero-order chi connectivity index (χ0) is 68.1. The number of amides is 3. The lowest BCUT2D eigenvalue weighted by molar-refractivity contribution is -0.175. The summed E-state index contributed by atoms with van der Waals surface area (Å²) in [6.45, 7) is 9.05. The summed E-state index contributed by atoms with van der Waals surface area (Å²) in [5, 5.41) is 17.6. The minimum absolute atomic E-state index is 0.0256. The van der Waals surface area contributed by atoms with Crippen LogP contribution in [0.4, 0.5) is 10.5 Å². The number of rotatable bonds is 35. The molecule has 3 N–H and O–H groups in total. The number of cyclic esters (lactones) is 1. The number of ether oxygens (including phenoxy) is 5. The van der Waals surface area contributed by atoms with Crippen LogP contribution in [0, 0.1) is 17.8 Å². The van der Waals surface area contributed by atoms with Crippen molar-refractivity contribution in [2.75, 3.05) is 57.6 Å². The van der Waals surface area contributed by atoms with Crippen molar-refractivity contribution < 1.29 is 67.0 Å². The fraction of sp³-hybridized carbons (Fsp3) is 0.478. The molecule has 4 aromatic heterocycles. The number of Topliss-reactive ketones (excluding diaryl/α,β-unsaturated/α-hetero) is 2. The topological polar surface area (TPSA) is 330 Å². The number of nitrogens with zero attached hydrogens (tertiary/aromatic N) is 8. The Kier molecular flexibility index (Phi) is 24.8. The van der Waals surface area contributed by atoms with Gasteiger partial charge in [0.1, 0.15) is 32.1 Å². The molecule has 500 valence electrons. The van der Waals surface area contributed by atoms with Gasteiger partial charge < -0.3 is 49.1 Å². The minimum atomic E-state index is -3.50. The van der Waals surface area contributed by atoms with Crippen LogP contribution in [0.25, 0.3) is 22.3 Å². The highest BCUT2D eigenvalue weighted by molar-refractivity contribution is 7.90. The molecule has 0 spiro atoms. The number of carbonyl (C=O) groups is 7. The normalized spacial score (nSPS) is 14.4. The molecule has 2 atom stereocenters. The number of carbonyl (C=O) groups excluding carboxylic acids is 7. The third-order valence-corrected chi connectivity index (χ3v) is 16.9. The highest BCUT2D eigenvalue weighted by atomic mass is 32.2. The van der Waals surface area contributed by atoms with Crippen molar-refractivity contribution >= 4 is 67.8 Å². The summed E-state index contributed by atoms with van der Waals surface area (Å²) in [4.78, 5) is 121. The van der Waals surface area contributed by atoms with Crippen LogP contribution in [0.2, 0.25) is 0 Å². The van der Waals surface area contributed by atoms with Crippen LogP contribution in [-0.2, 0) is 107 Å². The van der Waals surface area contributed by atoms with E-state index in [9.17, 15) is 46.8 Å². The number of sulfone groups is 1. The van der Waals surface area contributed by atoms with Gasteiger partial charge in [0.15, 0.2) is 11.6 Å². The molecule has 0 aliphatic carbocycles. The second kappa shape index (κ2) is 33.7. The number of hydrogen-bond donors (Lipinski definition) is 3. The van der Waals surface area contributed by atoms with Crippen molar-refractivity contribution in [2.24, 2.45) is 5.92 Å². The molecule has 26 nitrogen and oxygen atoms in total. The van der Waals surface area contributed by atoms with Crippen LogP contribution in [0.5, 0.6) is 0 Å². The van der Waals surface area contributed by atoms with E-state index in [1.54, 1.807) is 64.5 Å². The van der Waals surface area contributed by atoms with Gasteiger partial charge in [-0.05, 0) is 101 Å². The first kappa shape index (κ1) is 69.2. The van der Waals surface area contributed by atoms with E-state index in [2.05, 4.69) is 48.1 Å². The number of benzene rings is 2. The fourth-order valence-corrected chi connectivity index (χ4v) is 11.6. The van der Waals surface area contributed by atoms with Crippen LogP contribution < -0.4 is 21.5 Å². The van der Waals surface area contributed by atoms with Crippen LogP contribution in [-0.4, -0.2) is 148 Å². The first-order chi connectivity index (χ1) is 45.7. The number of anilines is 1. The molecule has 0 unspecified atom stereocenters. The van der Waals surface area contributed by atoms with Crippen molar-refractivity contribution in [2.45, 2.75) is 155 Å². The second-order valence-corrected chi connectivity index (χ2v) is 25.2. The van der Waals surface area contributed by atoms with Crippen molar-refractivity contribution in [3.05, 3.63) is 123 Å². The highest BCUT2D eigenvalue weighted by Crippen LogP contribution is 2.42. The van der Waals surface area contributed by atoms with E-state index in [1.807, 2.05) is 38.1 Å². The van der Waals surface area contributed by atoms with Gasteiger partial charge in [-0.25, -0.2) is 37.6 Å². The quantitative estimate of drug-likeness (QED) is 0.0171. The van der Waals surface area contributed by atoms with E-state index in [-0.39, 0.29) is 124 Å². The first-order valence-corrected chi connectivity index (χ1v) is 33.3. The largest absolute Gasteiger partial charge is 0.510 e. The maximum absolute atomic E-state index is 14.4. The molecule has 0 saturated heterocycles. The third-order valence-electron chi connectivity index (χ3n) is 16.0. The standard InChI is InChI=1S/C67H81N11O15S/c1-7-67(57-34-59-61-55(39-78(59)63(84)56(57)43-91-64(67)85)53(27-29-77(44(3)4)45(5)79)54-20-12-13-21-58(54)73-61)93-66(86)92-40-46-23-25-49(26-24-46)72-62(83)48(18-14-15-28-68-8-2)33-52(81)42-90-41-51(80)19-16-31-89-32-30-76-38-50(74-75-76)37-69-60(82)22-11-9-10-17-47-35-70-65(71-36-47)94(6,87)88/h12-13,20-21,23-26,34-36,38,44,48,68H,7-9,11,14-16,18-19,22,27-33,37,39-43H2,1-6H3,(H,69,82)(H,72,83)/t48-,67+/m1/s1/i2T. The zero-order valence-electron chi connectivity index (χ0n) is 54.7. The number of esters is 1. The van der Waals surface area contributed by atoms with Gasteiger partial charge in [-0.2, -0.15) is 0 Å². The maximum atomic E-state index is 14.4. The Balaban J connectivity index is 0.759. The molecule has 0 saturated carbocycles. The van der Waals surface area contributed by atoms with Gasteiger partial charge in [-0.1, -0.05) is 67.6 Å². The SMILES string of the molecule is [3H]CCNCCCC[C@H](CC(=O)COCC(=O)CCCOCCn1cc(CNC(=O)CCCC#Cc2cnc(S(C)(=O)=O)nc2)nn1)C(=O)Nc1ccc(COC(=O)O[C@]2(CC)C(=O)OCc3c2cc2n(c3=O)Cc3c-2nc2ccccc2c3CCN(C(C)=O)C(C)C)cc1. The summed E-state index contributed by atoms with van der Waals surface area (Å²) in [6.07, 6.45) is 7.96. The monoisotopic (exact) mass is 1310 g/mol. The van der Waals surface area contributed by atoms with Gasteiger partial charge in [0.05, 0.1) is 60.5 Å². The van der Waals surface area contributed by atoms with Gasteiger partial charge in [-0.3, -0.25) is 28.8 Å². The van der Waals surface area contributed by atoms with Crippen LogP contribution in [0.3, 0.4) is 0 Å². The average Bonchev–Trinajstić information content (AvgIpc) is 1.65. The molecule has 2 aliphatic rings. The molecule has 94 heavy (non-hydrogen) atoms. The van der Waals surface area contributed by atoms with Crippen molar-refractivity contribution in [1.82, 2.24) is 50.0 Å². The lowest BCUT2D eigenvalue weighted by atomic mass is 9.85. The van der Waals surface area contributed by atoms with E-state index in [1.165, 1.54) is 12.4 Å². The van der Waals surface area contributed by atoms with E-state index >= 15 is 0 Å². The molecule has 8 rings (SSSR count). The molecule has 0 radical (unpaired) electrons. The van der Waals surface area contributed by atoms with Crippen molar-refractivity contribution in [3.63, 3.8) is 0 Å². The Morgan fingerprint density at radius 3 is 2.46 bits per heavy atom. The smallest absolute Gasteiger partial charge is 0.457 e. The van der Waals surface area contributed by atoms with Crippen LogP contribution in [0.1, 0.15) is 139 Å². The van der Waals surface area contributed by atoms with Gasteiger partial charge in [-0.15, -0.1) is 5.10 Å². The first-order valence-electron chi connectivity index (χ1n) is 32.1. The second-order valence-electron chi connectivity index (χ2n) is 23.3. The summed E-state index contributed by atoms with van der Waals surface area (Å²) in [5.74, 6) is 2.98. The maximum Gasteiger partial charge on any atom is 0.510 e. The Bertz CT molecular complexity index is 3980. The number of unbranched alkanes of at least 4 members (excludes halogenated alkanes) is 2. The molecule has 0 bridgehead atoms. The summed E-state index contributed by atoms with van der Waals surface area (Å²) >= 11 is 0. The van der Waals surface area contributed by atoms with Gasteiger partial charge in [0.2, 0.25) is 38.3 Å².